The van der Waals surface area contributed by atoms with Crippen molar-refractivity contribution in [1.82, 2.24) is 15.3 Å². The van der Waals surface area contributed by atoms with Crippen LogP contribution in [0, 0.1) is 0 Å². The van der Waals surface area contributed by atoms with Gasteiger partial charge < -0.3 is 15.4 Å². The molecule has 2 N–H and O–H groups in total. The summed E-state index contributed by atoms with van der Waals surface area (Å²) in [7, 11) is 0. The SMILES string of the molecule is FC(F)(F)c1nc(Nc2cccc(Cl)c2)ncc1CNC[C@H]1CCCO1. The summed E-state index contributed by atoms with van der Waals surface area (Å²) >= 11 is 5.87. The Hall–Kier alpha value is -1.90. The first-order chi connectivity index (χ1) is 12.4. The molecule has 0 amide bonds. The van der Waals surface area contributed by atoms with Crippen molar-refractivity contribution in [3.63, 3.8) is 0 Å². The van der Waals surface area contributed by atoms with Crippen LogP contribution in [-0.2, 0) is 17.5 Å². The Bertz CT molecular complexity index is 751. The van der Waals surface area contributed by atoms with Gasteiger partial charge >= 0.3 is 6.18 Å². The van der Waals surface area contributed by atoms with E-state index >= 15 is 0 Å². The van der Waals surface area contributed by atoms with Gasteiger partial charge in [-0.05, 0) is 31.0 Å². The Morgan fingerprint density at radius 2 is 2.15 bits per heavy atom. The van der Waals surface area contributed by atoms with E-state index in [1.54, 1.807) is 24.3 Å². The van der Waals surface area contributed by atoms with Gasteiger partial charge in [0, 0.05) is 42.2 Å². The number of alkyl halides is 3. The number of halogens is 4. The highest BCUT2D eigenvalue weighted by atomic mass is 35.5. The van der Waals surface area contributed by atoms with E-state index < -0.39 is 11.9 Å². The highest BCUT2D eigenvalue weighted by molar-refractivity contribution is 6.30. The molecule has 0 bridgehead atoms. The lowest BCUT2D eigenvalue weighted by Gasteiger charge is -2.15. The van der Waals surface area contributed by atoms with Gasteiger partial charge in [0.05, 0.1) is 6.10 Å². The Kier molecular flexibility index (Phi) is 5.95. The lowest BCUT2D eigenvalue weighted by molar-refractivity contribution is -0.141. The van der Waals surface area contributed by atoms with Gasteiger partial charge in [-0.3, -0.25) is 0 Å². The standard InChI is InChI=1S/C17H18ClF3N4O/c18-12-3-1-4-13(7-12)24-16-23-9-11(15(25-16)17(19,20)21)8-22-10-14-5-2-6-26-14/h1,3-4,7,9,14,22H,2,5-6,8,10H2,(H,23,24,25)/t14-/m1/s1. The predicted octanol–water partition coefficient (Wildman–Crippen LogP) is 4.16. The molecular formula is C17H18ClF3N4O. The predicted molar refractivity (Wildman–Crippen MR) is 92.4 cm³/mol. The van der Waals surface area contributed by atoms with Crippen molar-refractivity contribution in [2.45, 2.75) is 31.7 Å². The summed E-state index contributed by atoms with van der Waals surface area (Å²) in [6, 6.07) is 6.59. The van der Waals surface area contributed by atoms with Gasteiger partial charge in [-0.1, -0.05) is 17.7 Å². The van der Waals surface area contributed by atoms with Crippen molar-refractivity contribution in [2.75, 3.05) is 18.5 Å². The molecule has 0 radical (unpaired) electrons. The zero-order valence-electron chi connectivity index (χ0n) is 13.8. The molecular weight excluding hydrogens is 369 g/mol. The van der Waals surface area contributed by atoms with Gasteiger partial charge in [0.15, 0.2) is 5.69 Å². The molecule has 0 unspecified atom stereocenters. The summed E-state index contributed by atoms with van der Waals surface area (Å²) in [6.45, 7) is 1.22. The van der Waals surface area contributed by atoms with Gasteiger partial charge in [-0.15, -0.1) is 0 Å². The highest BCUT2D eigenvalue weighted by Crippen LogP contribution is 2.31. The molecule has 1 saturated heterocycles. The maximum atomic E-state index is 13.4. The molecule has 2 aromatic rings. The number of rotatable bonds is 6. The summed E-state index contributed by atoms with van der Waals surface area (Å²) in [5, 5.41) is 6.19. The van der Waals surface area contributed by atoms with Crippen molar-refractivity contribution in [2.24, 2.45) is 0 Å². The normalized spacial score (nSPS) is 17.5. The molecule has 9 heteroatoms. The van der Waals surface area contributed by atoms with Crippen LogP contribution < -0.4 is 10.6 Å². The molecule has 3 rings (SSSR count). The molecule has 0 saturated carbocycles. The second kappa shape index (κ2) is 8.20. The van der Waals surface area contributed by atoms with Crippen molar-refractivity contribution < 1.29 is 17.9 Å². The van der Waals surface area contributed by atoms with Crippen LogP contribution >= 0.6 is 11.6 Å². The maximum absolute atomic E-state index is 13.4. The van der Waals surface area contributed by atoms with Gasteiger partial charge in [-0.2, -0.15) is 13.2 Å². The molecule has 0 aliphatic carbocycles. The Morgan fingerprint density at radius 1 is 1.31 bits per heavy atom. The average Bonchev–Trinajstić information content (AvgIpc) is 3.08. The number of hydrogen-bond acceptors (Lipinski definition) is 5. The molecule has 1 atom stereocenters. The van der Waals surface area contributed by atoms with E-state index in [1.807, 2.05) is 0 Å². The summed E-state index contributed by atoms with van der Waals surface area (Å²) < 4.78 is 45.6. The third-order valence-corrected chi connectivity index (χ3v) is 4.16. The monoisotopic (exact) mass is 386 g/mol. The number of aromatic nitrogens is 2. The molecule has 0 spiro atoms. The van der Waals surface area contributed by atoms with Crippen LogP contribution in [0.1, 0.15) is 24.1 Å². The summed E-state index contributed by atoms with van der Waals surface area (Å²) in [5.41, 5.74) is -0.459. The maximum Gasteiger partial charge on any atom is 0.433 e. The smallest absolute Gasteiger partial charge is 0.377 e. The van der Waals surface area contributed by atoms with E-state index in [0.29, 0.717) is 23.9 Å². The summed E-state index contributed by atoms with van der Waals surface area (Å²) in [5.74, 6) is -0.137. The van der Waals surface area contributed by atoms with Crippen LogP contribution in [0.15, 0.2) is 30.5 Å². The minimum absolute atomic E-state index is 0.00728. The third kappa shape index (κ3) is 5.06. The van der Waals surface area contributed by atoms with Crippen LogP contribution in [0.3, 0.4) is 0 Å². The fraction of sp³-hybridized carbons (Fsp3) is 0.412. The molecule has 140 valence electrons. The highest BCUT2D eigenvalue weighted by Gasteiger charge is 2.36. The number of anilines is 2. The van der Waals surface area contributed by atoms with Gasteiger partial charge in [-0.25, -0.2) is 9.97 Å². The molecule has 1 aromatic carbocycles. The zero-order valence-corrected chi connectivity index (χ0v) is 14.6. The Balaban J connectivity index is 1.72. The van der Waals surface area contributed by atoms with E-state index in [9.17, 15) is 13.2 Å². The lowest BCUT2D eigenvalue weighted by atomic mass is 10.2. The van der Waals surface area contributed by atoms with Crippen LogP contribution in [0.4, 0.5) is 24.8 Å². The van der Waals surface area contributed by atoms with Crippen LogP contribution in [0.5, 0.6) is 0 Å². The third-order valence-electron chi connectivity index (χ3n) is 3.93. The van der Waals surface area contributed by atoms with Gasteiger partial charge in [0.2, 0.25) is 5.95 Å². The van der Waals surface area contributed by atoms with E-state index in [-0.39, 0.29) is 24.2 Å². The quantitative estimate of drug-likeness (QED) is 0.780. The largest absolute Gasteiger partial charge is 0.433 e. The molecule has 26 heavy (non-hydrogen) atoms. The molecule has 1 aliphatic heterocycles. The average molecular weight is 387 g/mol. The summed E-state index contributed by atoms with van der Waals surface area (Å²) in [6.07, 6.45) is -1.44. The fourth-order valence-electron chi connectivity index (χ4n) is 2.71. The minimum atomic E-state index is -4.57. The van der Waals surface area contributed by atoms with Crippen molar-refractivity contribution in [3.8, 4) is 0 Å². The first-order valence-electron chi connectivity index (χ1n) is 8.20. The topological polar surface area (TPSA) is 59.1 Å². The van der Waals surface area contributed by atoms with E-state index in [1.165, 1.54) is 6.20 Å². The van der Waals surface area contributed by atoms with E-state index in [4.69, 9.17) is 16.3 Å². The number of hydrogen-bond donors (Lipinski definition) is 2. The molecule has 2 heterocycles. The van der Waals surface area contributed by atoms with Crippen molar-refractivity contribution in [3.05, 3.63) is 46.7 Å². The first kappa shape index (κ1) is 18.9. The second-order valence-electron chi connectivity index (χ2n) is 5.97. The fourth-order valence-corrected chi connectivity index (χ4v) is 2.90. The van der Waals surface area contributed by atoms with Crippen LogP contribution in [0.25, 0.3) is 0 Å². The number of ether oxygens (including phenoxy) is 1. The second-order valence-corrected chi connectivity index (χ2v) is 6.40. The lowest BCUT2D eigenvalue weighted by Crippen LogP contribution is -2.27. The molecule has 5 nitrogen and oxygen atoms in total. The number of nitrogens with one attached hydrogen (secondary N) is 2. The van der Waals surface area contributed by atoms with E-state index in [0.717, 1.165) is 12.8 Å². The zero-order chi connectivity index (χ0) is 18.6. The number of nitrogens with zero attached hydrogens (tertiary/aromatic N) is 2. The minimum Gasteiger partial charge on any atom is -0.377 e. The number of benzene rings is 1. The molecule has 1 aliphatic rings. The summed E-state index contributed by atoms with van der Waals surface area (Å²) in [4.78, 5) is 7.65. The molecule has 1 aromatic heterocycles. The molecule has 1 fully saturated rings. The van der Waals surface area contributed by atoms with E-state index in [2.05, 4.69) is 20.6 Å². The van der Waals surface area contributed by atoms with Crippen LogP contribution in [-0.4, -0.2) is 29.2 Å². The Labute approximate surface area is 153 Å². The van der Waals surface area contributed by atoms with Gasteiger partial charge in [0.1, 0.15) is 0 Å². The van der Waals surface area contributed by atoms with Crippen molar-refractivity contribution >= 4 is 23.2 Å². The first-order valence-corrected chi connectivity index (χ1v) is 8.57. The van der Waals surface area contributed by atoms with Crippen molar-refractivity contribution in [1.29, 1.82) is 0 Å². The van der Waals surface area contributed by atoms with Gasteiger partial charge in [0.25, 0.3) is 0 Å². The van der Waals surface area contributed by atoms with Crippen LogP contribution in [0.2, 0.25) is 5.02 Å². The Morgan fingerprint density at radius 3 is 2.85 bits per heavy atom.